The number of halogens is 2. The van der Waals surface area contributed by atoms with Crippen LogP contribution in [-0.2, 0) is 6.61 Å². The highest BCUT2D eigenvalue weighted by atomic mass is 35.5. The maximum atomic E-state index is 11.3. The maximum absolute atomic E-state index is 11.3. The zero-order chi connectivity index (χ0) is 20.8. The minimum atomic E-state index is -0.574. The topological polar surface area (TPSA) is 101 Å². The Balaban J connectivity index is 1.84. The van der Waals surface area contributed by atoms with Crippen molar-refractivity contribution in [3.05, 3.63) is 73.7 Å². The second-order valence-corrected chi connectivity index (χ2v) is 6.63. The SMILES string of the molecule is COc1cccc(C=NNc2nc(=O)[nH]nc2C)c1OCc1c(Cl)cccc1Cl. The lowest BCUT2D eigenvalue weighted by Crippen LogP contribution is -2.15. The largest absolute Gasteiger partial charge is 0.493 e. The molecule has 29 heavy (non-hydrogen) atoms. The molecule has 1 heterocycles. The molecule has 3 rings (SSSR count). The lowest BCUT2D eigenvalue weighted by Gasteiger charge is -2.14. The second-order valence-electron chi connectivity index (χ2n) is 5.81. The number of aromatic nitrogens is 3. The molecule has 0 fully saturated rings. The summed E-state index contributed by atoms with van der Waals surface area (Å²) in [6, 6.07) is 10.6. The van der Waals surface area contributed by atoms with E-state index in [1.807, 2.05) is 0 Å². The summed E-state index contributed by atoms with van der Waals surface area (Å²) in [5.74, 6) is 1.23. The molecule has 0 radical (unpaired) electrons. The lowest BCUT2D eigenvalue weighted by molar-refractivity contribution is 0.284. The van der Waals surface area contributed by atoms with Crippen molar-refractivity contribution in [1.29, 1.82) is 0 Å². The van der Waals surface area contributed by atoms with E-state index in [1.54, 1.807) is 50.4 Å². The smallest absolute Gasteiger partial charge is 0.363 e. The van der Waals surface area contributed by atoms with Crippen LogP contribution in [0.2, 0.25) is 10.0 Å². The summed E-state index contributed by atoms with van der Waals surface area (Å²) in [7, 11) is 1.54. The third-order valence-electron chi connectivity index (χ3n) is 3.90. The summed E-state index contributed by atoms with van der Waals surface area (Å²) < 4.78 is 11.4. The first-order chi connectivity index (χ1) is 14.0. The van der Waals surface area contributed by atoms with E-state index >= 15 is 0 Å². The lowest BCUT2D eigenvalue weighted by atomic mass is 10.2. The number of hydrazone groups is 1. The van der Waals surface area contributed by atoms with E-state index in [4.69, 9.17) is 32.7 Å². The number of aromatic amines is 1. The van der Waals surface area contributed by atoms with Gasteiger partial charge in [-0.05, 0) is 31.2 Å². The number of benzene rings is 2. The Morgan fingerprint density at radius 2 is 1.93 bits per heavy atom. The monoisotopic (exact) mass is 433 g/mol. The highest BCUT2D eigenvalue weighted by Gasteiger charge is 2.12. The highest BCUT2D eigenvalue weighted by molar-refractivity contribution is 6.35. The number of nitrogens with one attached hydrogen (secondary N) is 2. The van der Waals surface area contributed by atoms with Gasteiger partial charge in [-0.3, -0.25) is 5.43 Å². The van der Waals surface area contributed by atoms with Gasteiger partial charge in [0.1, 0.15) is 12.3 Å². The highest BCUT2D eigenvalue weighted by Crippen LogP contribution is 2.33. The Bertz CT molecular complexity index is 1080. The van der Waals surface area contributed by atoms with Gasteiger partial charge in [0, 0.05) is 21.2 Å². The van der Waals surface area contributed by atoms with Crippen molar-refractivity contribution in [3.63, 3.8) is 0 Å². The van der Waals surface area contributed by atoms with E-state index in [1.165, 1.54) is 6.21 Å². The molecule has 0 saturated carbocycles. The molecule has 8 nitrogen and oxygen atoms in total. The molecular weight excluding hydrogens is 417 g/mol. The van der Waals surface area contributed by atoms with Gasteiger partial charge in [0.15, 0.2) is 17.3 Å². The summed E-state index contributed by atoms with van der Waals surface area (Å²) >= 11 is 12.4. The van der Waals surface area contributed by atoms with Crippen LogP contribution in [0.4, 0.5) is 5.82 Å². The third-order valence-corrected chi connectivity index (χ3v) is 4.61. The summed E-state index contributed by atoms with van der Waals surface area (Å²) in [6.45, 7) is 1.83. The van der Waals surface area contributed by atoms with E-state index in [9.17, 15) is 4.79 Å². The Labute approximate surface area is 176 Å². The van der Waals surface area contributed by atoms with Crippen LogP contribution in [0.1, 0.15) is 16.8 Å². The second kappa shape index (κ2) is 9.40. The Morgan fingerprint density at radius 1 is 1.21 bits per heavy atom. The number of ether oxygens (including phenoxy) is 2. The number of H-pyrrole nitrogens is 1. The van der Waals surface area contributed by atoms with Crippen LogP contribution in [0.25, 0.3) is 0 Å². The van der Waals surface area contributed by atoms with Gasteiger partial charge in [-0.25, -0.2) is 9.89 Å². The number of rotatable bonds is 7. The van der Waals surface area contributed by atoms with Gasteiger partial charge in [-0.2, -0.15) is 15.2 Å². The van der Waals surface area contributed by atoms with E-state index in [2.05, 4.69) is 25.7 Å². The molecule has 0 amide bonds. The fourth-order valence-electron chi connectivity index (χ4n) is 2.43. The molecule has 0 bridgehead atoms. The first-order valence-electron chi connectivity index (χ1n) is 8.44. The van der Waals surface area contributed by atoms with Crippen LogP contribution in [0.5, 0.6) is 11.5 Å². The van der Waals surface area contributed by atoms with Crippen molar-refractivity contribution in [2.24, 2.45) is 5.10 Å². The van der Waals surface area contributed by atoms with Gasteiger partial charge < -0.3 is 9.47 Å². The predicted molar refractivity (Wildman–Crippen MR) is 112 cm³/mol. The summed E-state index contributed by atoms with van der Waals surface area (Å²) in [5.41, 5.74) is 3.92. The average molecular weight is 434 g/mol. The molecule has 0 aliphatic heterocycles. The van der Waals surface area contributed by atoms with Crippen molar-refractivity contribution in [2.45, 2.75) is 13.5 Å². The third kappa shape index (κ3) is 5.04. The average Bonchev–Trinajstić information content (AvgIpc) is 2.70. The molecule has 2 N–H and O–H groups in total. The summed E-state index contributed by atoms with van der Waals surface area (Å²) in [6.07, 6.45) is 1.52. The first kappa shape index (κ1) is 20.6. The predicted octanol–water partition coefficient (Wildman–Crippen LogP) is 3.81. The number of hydrogen-bond donors (Lipinski definition) is 2. The number of aryl methyl sites for hydroxylation is 1. The van der Waals surface area contributed by atoms with Gasteiger partial charge in [-0.1, -0.05) is 35.3 Å². The minimum Gasteiger partial charge on any atom is -0.493 e. The molecule has 0 atom stereocenters. The normalized spacial score (nSPS) is 10.9. The number of methoxy groups -OCH3 is 1. The van der Waals surface area contributed by atoms with E-state index in [0.29, 0.717) is 38.4 Å². The zero-order valence-electron chi connectivity index (χ0n) is 15.6. The van der Waals surface area contributed by atoms with Crippen LogP contribution in [0.15, 0.2) is 46.3 Å². The van der Waals surface area contributed by atoms with Crippen LogP contribution in [0, 0.1) is 6.92 Å². The quantitative estimate of drug-likeness (QED) is 0.433. The summed E-state index contributed by atoms with van der Waals surface area (Å²) in [4.78, 5) is 15.1. The standard InChI is InChI=1S/C19H17Cl2N5O3/c1-11-18(23-19(27)26-24-11)25-22-9-12-5-3-8-16(28-2)17(12)29-10-13-14(20)6-4-7-15(13)21/h3-9H,10H2,1-2H3,(H2,23,25,26,27). The van der Waals surface area contributed by atoms with Crippen LogP contribution in [-0.4, -0.2) is 28.5 Å². The van der Waals surface area contributed by atoms with Gasteiger partial charge in [0.2, 0.25) is 0 Å². The van der Waals surface area contributed by atoms with Crippen molar-refractivity contribution in [2.75, 3.05) is 12.5 Å². The minimum absolute atomic E-state index is 0.145. The summed E-state index contributed by atoms with van der Waals surface area (Å²) in [5, 5.41) is 11.2. The molecule has 10 heteroatoms. The van der Waals surface area contributed by atoms with Gasteiger partial charge >= 0.3 is 5.69 Å². The number of anilines is 1. The molecule has 3 aromatic rings. The first-order valence-corrected chi connectivity index (χ1v) is 9.20. The molecular formula is C19H17Cl2N5O3. The van der Waals surface area contributed by atoms with Crippen LogP contribution < -0.4 is 20.6 Å². The van der Waals surface area contributed by atoms with Crippen LogP contribution in [0.3, 0.4) is 0 Å². The number of para-hydroxylation sites is 1. The zero-order valence-corrected chi connectivity index (χ0v) is 17.1. The van der Waals surface area contributed by atoms with Crippen molar-refractivity contribution in [3.8, 4) is 11.5 Å². The van der Waals surface area contributed by atoms with E-state index < -0.39 is 5.69 Å². The van der Waals surface area contributed by atoms with Crippen molar-refractivity contribution in [1.82, 2.24) is 15.2 Å². The Hall–Kier alpha value is -3.10. The molecule has 0 aliphatic carbocycles. The fourth-order valence-corrected chi connectivity index (χ4v) is 2.93. The number of nitrogens with zero attached hydrogens (tertiary/aromatic N) is 3. The van der Waals surface area contributed by atoms with E-state index in [0.717, 1.165) is 0 Å². The molecule has 1 aromatic heterocycles. The van der Waals surface area contributed by atoms with Crippen LogP contribution >= 0.6 is 23.2 Å². The number of hydrogen-bond acceptors (Lipinski definition) is 7. The fraction of sp³-hybridized carbons (Fsp3) is 0.158. The Kier molecular flexibility index (Phi) is 6.69. The van der Waals surface area contributed by atoms with Crippen molar-refractivity contribution < 1.29 is 9.47 Å². The van der Waals surface area contributed by atoms with Gasteiger partial charge in [-0.15, -0.1) is 0 Å². The molecule has 0 aliphatic rings. The van der Waals surface area contributed by atoms with Gasteiger partial charge in [0.05, 0.1) is 13.3 Å². The molecule has 0 spiro atoms. The Morgan fingerprint density at radius 3 is 2.66 bits per heavy atom. The van der Waals surface area contributed by atoms with Gasteiger partial charge in [0.25, 0.3) is 0 Å². The molecule has 0 unspecified atom stereocenters. The molecule has 0 saturated heterocycles. The maximum Gasteiger partial charge on any atom is 0.363 e. The van der Waals surface area contributed by atoms with Crippen molar-refractivity contribution >= 4 is 35.2 Å². The molecule has 2 aromatic carbocycles. The van der Waals surface area contributed by atoms with E-state index in [-0.39, 0.29) is 12.4 Å². The molecule has 150 valence electrons.